The summed E-state index contributed by atoms with van der Waals surface area (Å²) in [6.07, 6.45) is 2.90. The molecule has 0 unspecified atom stereocenters. The fourth-order valence-electron chi connectivity index (χ4n) is 4.93. The van der Waals surface area contributed by atoms with Crippen LogP contribution in [-0.2, 0) is 38.8 Å². The molecular formula is C40H51N3O7. The molecule has 0 saturated heterocycles. The van der Waals surface area contributed by atoms with Gasteiger partial charge < -0.3 is 29.7 Å². The number of allylic oxidation sites excluding steroid dienone is 1. The van der Waals surface area contributed by atoms with E-state index >= 15 is 0 Å². The highest BCUT2D eigenvalue weighted by atomic mass is 16.6. The number of hydrogen-bond acceptors (Lipinski definition) is 7. The number of hydrogen-bond donors (Lipinski definition) is 2. The van der Waals surface area contributed by atoms with E-state index in [2.05, 4.69) is 17.2 Å². The summed E-state index contributed by atoms with van der Waals surface area (Å²) in [5, 5.41) is 5.49. The molecule has 50 heavy (non-hydrogen) atoms. The molecule has 0 radical (unpaired) electrons. The van der Waals surface area contributed by atoms with E-state index in [1.165, 1.54) is 0 Å². The molecule has 0 spiro atoms. The second-order valence-electron chi connectivity index (χ2n) is 13.0. The summed E-state index contributed by atoms with van der Waals surface area (Å²) in [6, 6.07) is 25.8. The molecule has 0 aliphatic carbocycles. The lowest BCUT2D eigenvalue weighted by Gasteiger charge is -2.29. The lowest BCUT2D eigenvalue weighted by atomic mass is 10.1. The quantitative estimate of drug-likeness (QED) is 0.0932. The second kappa shape index (κ2) is 21.1. The smallest absolute Gasteiger partial charge is 0.408 e. The zero-order valence-electron chi connectivity index (χ0n) is 29.5. The molecule has 10 nitrogen and oxygen atoms in total. The van der Waals surface area contributed by atoms with Crippen molar-refractivity contribution in [2.24, 2.45) is 0 Å². The molecule has 0 bridgehead atoms. The third-order valence-corrected chi connectivity index (χ3v) is 7.54. The van der Waals surface area contributed by atoms with Gasteiger partial charge in [0.25, 0.3) is 0 Å². The molecule has 0 heterocycles. The van der Waals surface area contributed by atoms with Gasteiger partial charge in [-0.1, -0.05) is 78.9 Å². The Labute approximate surface area is 296 Å². The Hall–Kier alpha value is -5.12. The molecule has 0 aliphatic heterocycles. The van der Waals surface area contributed by atoms with Crippen LogP contribution in [0.25, 0.3) is 0 Å². The van der Waals surface area contributed by atoms with Crippen LogP contribution in [0.2, 0.25) is 0 Å². The molecule has 0 saturated carbocycles. The minimum atomic E-state index is -0.911. The van der Waals surface area contributed by atoms with Crippen LogP contribution in [0.1, 0.15) is 76.0 Å². The van der Waals surface area contributed by atoms with Crippen molar-refractivity contribution in [2.75, 3.05) is 13.1 Å². The van der Waals surface area contributed by atoms with E-state index in [9.17, 15) is 19.2 Å². The van der Waals surface area contributed by atoms with E-state index in [0.29, 0.717) is 51.0 Å². The predicted octanol–water partition coefficient (Wildman–Crippen LogP) is 7.51. The minimum Gasteiger partial charge on any atom is -0.489 e. The van der Waals surface area contributed by atoms with Gasteiger partial charge in [-0.3, -0.25) is 9.59 Å². The summed E-state index contributed by atoms with van der Waals surface area (Å²) in [4.78, 5) is 53.3. The van der Waals surface area contributed by atoms with Gasteiger partial charge in [-0.25, -0.2) is 9.59 Å². The first-order chi connectivity index (χ1) is 24.0. The Morgan fingerprint density at radius 2 is 1.44 bits per heavy atom. The standard InChI is InChI=1S/C40H51N3O7/c1-5-6-19-34(44)25-27-43(28-31-21-23-35(24-22-31)48-29-32-15-9-7-10-16-32)37(45)36(42-39(47)50-40(2,3)4)20-13-14-26-41-38(46)49-30-33-17-11-8-12-18-33/h5,7-12,15-18,21-24,36H,1,6,13-14,19-20,25-30H2,2-4H3,(H,41,46)(H,42,47)/t36-/m0/s1. The molecule has 2 N–H and O–H groups in total. The van der Waals surface area contributed by atoms with Gasteiger partial charge in [0, 0.05) is 32.5 Å². The fraction of sp³-hybridized carbons (Fsp3) is 0.400. The average Bonchev–Trinajstić information content (AvgIpc) is 3.10. The molecule has 3 rings (SSSR count). The van der Waals surface area contributed by atoms with E-state index in [1.807, 2.05) is 84.9 Å². The van der Waals surface area contributed by atoms with Crippen molar-refractivity contribution >= 4 is 23.9 Å². The zero-order chi connectivity index (χ0) is 36.2. The molecule has 268 valence electrons. The number of nitrogens with zero attached hydrogens (tertiary/aromatic N) is 1. The maximum atomic E-state index is 14.1. The SMILES string of the molecule is C=CCCC(=O)CCN(Cc1ccc(OCc2ccccc2)cc1)C(=O)[C@H](CCCCNC(=O)OCc1ccccc1)NC(=O)OC(C)(C)C. The maximum Gasteiger partial charge on any atom is 0.408 e. The van der Waals surface area contributed by atoms with Crippen molar-refractivity contribution in [3.8, 4) is 5.75 Å². The first-order valence-electron chi connectivity index (χ1n) is 17.1. The number of nitrogens with one attached hydrogen (secondary N) is 2. The van der Waals surface area contributed by atoms with Gasteiger partial charge in [0.15, 0.2) is 0 Å². The fourth-order valence-corrected chi connectivity index (χ4v) is 4.93. The summed E-state index contributed by atoms with van der Waals surface area (Å²) in [7, 11) is 0. The summed E-state index contributed by atoms with van der Waals surface area (Å²) < 4.78 is 16.7. The third kappa shape index (κ3) is 15.9. The Bertz CT molecular complexity index is 1490. The normalized spacial score (nSPS) is 11.5. The van der Waals surface area contributed by atoms with Crippen molar-refractivity contribution in [1.29, 1.82) is 0 Å². The number of benzene rings is 3. The van der Waals surface area contributed by atoms with Gasteiger partial charge in [-0.2, -0.15) is 0 Å². The Morgan fingerprint density at radius 3 is 2.06 bits per heavy atom. The average molecular weight is 686 g/mol. The summed E-state index contributed by atoms with van der Waals surface area (Å²) in [5.41, 5.74) is 2.02. The Kier molecular flexibility index (Phi) is 16.6. The number of ether oxygens (including phenoxy) is 3. The van der Waals surface area contributed by atoms with Crippen LogP contribution in [0.3, 0.4) is 0 Å². The van der Waals surface area contributed by atoms with Crippen molar-refractivity contribution in [2.45, 2.75) is 90.7 Å². The molecule has 0 aliphatic rings. The molecule has 10 heteroatoms. The van der Waals surface area contributed by atoms with Crippen LogP contribution in [0.4, 0.5) is 9.59 Å². The Balaban J connectivity index is 1.65. The number of carbonyl (C=O) groups is 4. The number of rotatable bonds is 20. The molecular weight excluding hydrogens is 634 g/mol. The van der Waals surface area contributed by atoms with Crippen LogP contribution < -0.4 is 15.4 Å². The van der Waals surface area contributed by atoms with Gasteiger partial charge in [-0.05, 0) is 75.3 Å². The number of alkyl carbamates (subject to hydrolysis) is 2. The third-order valence-electron chi connectivity index (χ3n) is 7.54. The van der Waals surface area contributed by atoms with Crippen LogP contribution in [0.15, 0.2) is 97.6 Å². The summed E-state index contributed by atoms with van der Waals surface area (Å²) in [5.74, 6) is 0.387. The van der Waals surface area contributed by atoms with Gasteiger partial charge >= 0.3 is 12.2 Å². The molecule has 3 amide bonds. The molecule has 3 aromatic rings. The highest BCUT2D eigenvalue weighted by Crippen LogP contribution is 2.18. The molecule has 3 aromatic carbocycles. The lowest BCUT2D eigenvalue weighted by molar-refractivity contribution is -0.134. The highest BCUT2D eigenvalue weighted by Gasteiger charge is 2.28. The van der Waals surface area contributed by atoms with Crippen LogP contribution in [-0.4, -0.2) is 53.5 Å². The van der Waals surface area contributed by atoms with Gasteiger partial charge in [0.1, 0.15) is 36.4 Å². The predicted molar refractivity (Wildman–Crippen MR) is 193 cm³/mol. The van der Waals surface area contributed by atoms with Gasteiger partial charge in [0.05, 0.1) is 0 Å². The number of Topliss-reactive ketones (excluding diaryl/α,β-unsaturated/α-hetero) is 1. The first kappa shape index (κ1) is 39.3. The van der Waals surface area contributed by atoms with Crippen molar-refractivity contribution in [3.05, 3.63) is 114 Å². The van der Waals surface area contributed by atoms with Gasteiger partial charge in [0.2, 0.25) is 5.91 Å². The highest BCUT2D eigenvalue weighted by molar-refractivity contribution is 5.86. The monoisotopic (exact) mass is 685 g/mol. The lowest BCUT2D eigenvalue weighted by Crippen LogP contribution is -2.50. The first-order valence-corrected chi connectivity index (χ1v) is 17.1. The summed E-state index contributed by atoms with van der Waals surface area (Å²) >= 11 is 0. The van der Waals surface area contributed by atoms with Crippen molar-refractivity contribution in [1.82, 2.24) is 15.5 Å². The van der Waals surface area contributed by atoms with Crippen LogP contribution in [0, 0.1) is 0 Å². The van der Waals surface area contributed by atoms with Crippen molar-refractivity contribution in [3.63, 3.8) is 0 Å². The van der Waals surface area contributed by atoms with Crippen LogP contribution >= 0.6 is 0 Å². The molecule has 1 atom stereocenters. The zero-order valence-corrected chi connectivity index (χ0v) is 29.5. The maximum absolute atomic E-state index is 14.1. The van der Waals surface area contributed by atoms with Gasteiger partial charge in [-0.15, -0.1) is 6.58 Å². The topological polar surface area (TPSA) is 123 Å². The number of amides is 3. The summed E-state index contributed by atoms with van der Waals surface area (Å²) in [6.45, 7) is 10.3. The van der Waals surface area contributed by atoms with E-state index in [-0.39, 0.29) is 37.8 Å². The van der Waals surface area contributed by atoms with E-state index in [0.717, 1.165) is 16.7 Å². The number of carbonyl (C=O) groups excluding carboxylic acids is 4. The molecule has 0 aromatic heterocycles. The van der Waals surface area contributed by atoms with Crippen molar-refractivity contribution < 1.29 is 33.4 Å². The van der Waals surface area contributed by atoms with Crippen LogP contribution in [0.5, 0.6) is 5.75 Å². The molecule has 0 fully saturated rings. The van der Waals surface area contributed by atoms with E-state index in [4.69, 9.17) is 14.2 Å². The largest absolute Gasteiger partial charge is 0.489 e. The Morgan fingerprint density at radius 1 is 0.800 bits per heavy atom. The second-order valence-corrected chi connectivity index (χ2v) is 13.0. The number of unbranched alkanes of at least 4 members (excludes halogenated alkanes) is 1. The van der Waals surface area contributed by atoms with E-state index < -0.39 is 23.8 Å². The minimum absolute atomic E-state index is 0.0224. The number of ketones is 1. The van der Waals surface area contributed by atoms with E-state index in [1.54, 1.807) is 31.7 Å².